The van der Waals surface area contributed by atoms with Crippen molar-refractivity contribution in [2.24, 2.45) is 5.84 Å². The van der Waals surface area contributed by atoms with Crippen molar-refractivity contribution in [2.45, 2.75) is 56.9 Å². The molecule has 3 N–H and O–H groups in total. The quantitative estimate of drug-likeness (QED) is 0.449. The minimum Gasteiger partial charge on any atom is -0.354 e. The Morgan fingerprint density at radius 1 is 1.35 bits per heavy atom. The van der Waals surface area contributed by atoms with Crippen LogP contribution in [0.4, 0.5) is 0 Å². The summed E-state index contributed by atoms with van der Waals surface area (Å²) in [6.07, 6.45) is 8.82. The van der Waals surface area contributed by atoms with Crippen LogP contribution in [-0.4, -0.2) is 36.3 Å². The van der Waals surface area contributed by atoms with E-state index in [0.717, 1.165) is 5.69 Å². The Bertz CT molecular complexity index is 386. The Hall–Kier alpha value is -0.950. The van der Waals surface area contributed by atoms with Crippen LogP contribution in [-0.2, 0) is 15.9 Å². The SMILES string of the molecule is COC(OC)C(Cc1ccn(C2CCCCC2)n1)NN. The highest BCUT2D eigenvalue weighted by atomic mass is 16.7. The monoisotopic (exact) mass is 282 g/mol. The molecule has 1 aliphatic carbocycles. The second kappa shape index (κ2) is 7.73. The lowest BCUT2D eigenvalue weighted by atomic mass is 9.96. The van der Waals surface area contributed by atoms with E-state index in [1.807, 2.05) is 0 Å². The molecule has 6 nitrogen and oxygen atoms in total. The zero-order valence-electron chi connectivity index (χ0n) is 12.4. The van der Waals surface area contributed by atoms with Crippen molar-refractivity contribution in [2.75, 3.05) is 14.2 Å². The van der Waals surface area contributed by atoms with E-state index in [1.54, 1.807) is 14.2 Å². The van der Waals surface area contributed by atoms with E-state index in [-0.39, 0.29) is 12.3 Å². The van der Waals surface area contributed by atoms with Crippen molar-refractivity contribution in [3.8, 4) is 0 Å². The molecule has 1 saturated carbocycles. The molecule has 0 amide bonds. The van der Waals surface area contributed by atoms with E-state index in [0.29, 0.717) is 12.5 Å². The van der Waals surface area contributed by atoms with Crippen LogP contribution >= 0.6 is 0 Å². The number of nitrogens with two attached hydrogens (primary N) is 1. The fraction of sp³-hybridized carbons (Fsp3) is 0.786. The van der Waals surface area contributed by atoms with Crippen LogP contribution in [0.2, 0.25) is 0 Å². The van der Waals surface area contributed by atoms with E-state index in [9.17, 15) is 0 Å². The summed E-state index contributed by atoms with van der Waals surface area (Å²) in [5.74, 6) is 5.58. The normalized spacial score (nSPS) is 18.6. The highest BCUT2D eigenvalue weighted by Gasteiger charge is 2.22. The molecule has 1 unspecified atom stereocenters. The molecule has 1 fully saturated rings. The summed E-state index contributed by atoms with van der Waals surface area (Å²) in [6.45, 7) is 0. The summed E-state index contributed by atoms with van der Waals surface area (Å²) in [5.41, 5.74) is 3.75. The molecule has 0 bridgehead atoms. The van der Waals surface area contributed by atoms with Crippen LogP contribution in [0.3, 0.4) is 0 Å². The van der Waals surface area contributed by atoms with Crippen molar-refractivity contribution < 1.29 is 9.47 Å². The van der Waals surface area contributed by atoms with E-state index in [4.69, 9.17) is 15.3 Å². The van der Waals surface area contributed by atoms with Crippen LogP contribution in [0.15, 0.2) is 12.3 Å². The first-order chi connectivity index (χ1) is 9.78. The van der Waals surface area contributed by atoms with Gasteiger partial charge < -0.3 is 9.47 Å². The Labute approximate surface area is 120 Å². The maximum absolute atomic E-state index is 5.58. The molecule has 0 radical (unpaired) electrons. The van der Waals surface area contributed by atoms with Crippen molar-refractivity contribution in [1.29, 1.82) is 0 Å². The summed E-state index contributed by atoms with van der Waals surface area (Å²) < 4.78 is 12.6. The molecule has 0 saturated heterocycles. The third-order valence-electron chi connectivity index (χ3n) is 4.05. The minimum absolute atomic E-state index is 0.111. The van der Waals surface area contributed by atoms with Gasteiger partial charge in [0.1, 0.15) is 0 Å². The maximum atomic E-state index is 5.58. The van der Waals surface area contributed by atoms with Gasteiger partial charge in [-0.2, -0.15) is 5.10 Å². The number of ether oxygens (including phenoxy) is 2. The van der Waals surface area contributed by atoms with Crippen LogP contribution < -0.4 is 11.3 Å². The van der Waals surface area contributed by atoms with Gasteiger partial charge in [0.15, 0.2) is 6.29 Å². The fourth-order valence-corrected chi connectivity index (χ4v) is 2.92. The van der Waals surface area contributed by atoms with Crippen molar-refractivity contribution in [3.63, 3.8) is 0 Å². The summed E-state index contributed by atoms with van der Waals surface area (Å²) in [6, 6.07) is 2.50. The number of hydrogen-bond donors (Lipinski definition) is 2. The van der Waals surface area contributed by atoms with Gasteiger partial charge in [0.25, 0.3) is 0 Å². The first-order valence-electron chi connectivity index (χ1n) is 7.34. The van der Waals surface area contributed by atoms with E-state index >= 15 is 0 Å². The average Bonchev–Trinajstić information content (AvgIpc) is 2.97. The molecular weight excluding hydrogens is 256 g/mol. The van der Waals surface area contributed by atoms with Crippen LogP contribution in [0.25, 0.3) is 0 Å². The van der Waals surface area contributed by atoms with E-state index in [1.165, 1.54) is 32.1 Å². The molecule has 20 heavy (non-hydrogen) atoms. The molecule has 1 aromatic rings. The lowest BCUT2D eigenvalue weighted by Gasteiger charge is -2.23. The highest BCUT2D eigenvalue weighted by Crippen LogP contribution is 2.27. The van der Waals surface area contributed by atoms with Gasteiger partial charge in [-0.05, 0) is 18.9 Å². The maximum Gasteiger partial charge on any atom is 0.173 e. The number of nitrogens with zero attached hydrogens (tertiary/aromatic N) is 2. The Morgan fingerprint density at radius 2 is 2.05 bits per heavy atom. The Morgan fingerprint density at radius 3 is 2.65 bits per heavy atom. The highest BCUT2D eigenvalue weighted by molar-refractivity contribution is 5.03. The number of methoxy groups -OCH3 is 2. The summed E-state index contributed by atoms with van der Waals surface area (Å²) in [4.78, 5) is 0. The van der Waals surface area contributed by atoms with Crippen LogP contribution in [0.5, 0.6) is 0 Å². The largest absolute Gasteiger partial charge is 0.354 e. The molecule has 0 aliphatic heterocycles. The summed E-state index contributed by atoms with van der Waals surface area (Å²) >= 11 is 0. The summed E-state index contributed by atoms with van der Waals surface area (Å²) in [7, 11) is 3.22. The molecule has 1 atom stereocenters. The molecule has 0 aromatic carbocycles. The molecule has 1 aliphatic rings. The molecule has 0 spiro atoms. The Kier molecular flexibility index (Phi) is 5.97. The molecule has 6 heteroatoms. The van der Waals surface area contributed by atoms with Crippen molar-refractivity contribution >= 4 is 0 Å². The van der Waals surface area contributed by atoms with Crippen LogP contribution in [0, 0.1) is 0 Å². The van der Waals surface area contributed by atoms with E-state index < -0.39 is 0 Å². The second-order valence-corrected chi connectivity index (χ2v) is 5.40. The molecular formula is C14H26N4O2. The molecule has 114 valence electrons. The van der Waals surface area contributed by atoms with Gasteiger partial charge in [-0.1, -0.05) is 19.3 Å². The van der Waals surface area contributed by atoms with Crippen molar-refractivity contribution in [3.05, 3.63) is 18.0 Å². The average molecular weight is 282 g/mol. The van der Waals surface area contributed by atoms with Gasteiger partial charge in [-0.3, -0.25) is 16.0 Å². The van der Waals surface area contributed by atoms with Gasteiger partial charge in [-0.15, -0.1) is 0 Å². The third kappa shape index (κ3) is 3.79. The van der Waals surface area contributed by atoms with Gasteiger partial charge >= 0.3 is 0 Å². The number of rotatable bonds is 7. The minimum atomic E-state index is -0.375. The van der Waals surface area contributed by atoms with E-state index in [2.05, 4.69) is 27.5 Å². The lowest BCUT2D eigenvalue weighted by Crippen LogP contribution is -2.47. The first kappa shape index (κ1) is 15.4. The molecule has 1 heterocycles. The predicted molar refractivity (Wildman–Crippen MR) is 77.0 cm³/mol. The summed E-state index contributed by atoms with van der Waals surface area (Å²) in [5, 5.41) is 4.68. The van der Waals surface area contributed by atoms with Gasteiger partial charge in [0.05, 0.1) is 17.8 Å². The number of hydrogen-bond acceptors (Lipinski definition) is 5. The second-order valence-electron chi connectivity index (χ2n) is 5.40. The number of nitrogens with one attached hydrogen (secondary N) is 1. The first-order valence-corrected chi connectivity index (χ1v) is 7.34. The van der Waals surface area contributed by atoms with Crippen molar-refractivity contribution in [1.82, 2.24) is 15.2 Å². The zero-order chi connectivity index (χ0) is 14.4. The molecule has 1 aromatic heterocycles. The third-order valence-corrected chi connectivity index (χ3v) is 4.05. The smallest absolute Gasteiger partial charge is 0.173 e. The molecule has 2 rings (SSSR count). The van der Waals surface area contributed by atoms with Gasteiger partial charge in [0.2, 0.25) is 0 Å². The Balaban J connectivity index is 1.97. The number of aromatic nitrogens is 2. The number of hydrazine groups is 1. The predicted octanol–water partition coefficient (Wildman–Crippen LogP) is 1.38. The van der Waals surface area contributed by atoms with Crippen LogP contribution in [0.1, 0.15) is 43.8 Å². The topological polar surface area (TPSA) is 74.3 Å². The fourth-order valence-electron chi connectivity index (χ4n) is 2.92. The lowest BCUT2D eigenvalue weighted by molar-refractivity contribution is -0.122. The standard InChI is InChI=1S/C14H26N4O2/c1-19-14(20-2)13(16-15)10-11-8-9-18(17-11)12-6-4-3-5-7-12/h8-9,12-14,16H,3-7,10,15H2,1-2H3. The van der Waals surface area contributed by atoms with Gasteiger partial charge in [-0.25, -0.2) is 0 Å². The van der Waals surface area contributed by atoms with Gasteiger partial charge in [0, 0.05) is 26.8 Å². The zero-order valence-corrected chi connectivity index (χ0v) is 12.4.